The number of unbranched alkanes of at least 4 members (excludes halogenated alkanes) is 4. The van der Waals surface area contributed by atoms with Crippen LogP contribution in [0, 0.1) is 5.41 Å². The summed E-state index contributed by atoms with van der Waals surface area (Å²) in [6.45, 7) is 6.22. The second-order valence-electron chi connectivity index (χ2n) is 6.36. The number of rotatable bonds is 7. The Kier molecular flexibility index (Phi) is 13.2. The van der Waals surface area contributed by atoms with Crippen molar-refractivity contribution in [2.45, 2.75) is 52.9 Å². The van der Waals surface area contributed by atoms with Crippen LogP contribution in [-0.2, 0) is 0 Å². The summed E-state index contributed by atoms with van der Waals surface area (Å²) in [6, 6.07) is 0. The van der Waals surface area contributed by atoms with E-state index in [9.17, 15) is 4.79 Å². The van der Waals surface area contributed by atoms with Gasteiger partial charge >= 0.3 is 0 Å². The van der Waals surface area contributed by atoms with E-state index in [1.54, 1.807) is 13.8 Å². The smallest absolute Gasteiger partial charge is 0.292 e. The van der Waals surface area contributed by atoms with Gasteiger partial charge in [0.25, 0.3) is 5.91 Å². The van der Waals surface area contributed by atoms with E-state index >= 15 is 0 Å². The number of aliphatic imine (C=N–C) groups is 2. The molecule has 1 rings (SSSR count). The molecular weight excluding hydrogens is 410 g/mol. The summed E-state index contributed by atoms with van der Waals surface area (Å²) in [7, 11) is 0. The molecule has 0 atom stereocenters. The average Bonchev–Trinajstić information content (AvgIpc) is 2.65. The Bertz CT molecular complexity index is 760. The van der Waals surface area contributed by atoms with Gasteiger partial charge in [0.1, 0.15) is 0 Å². The minimum absolute atomic E-state index is 0.00887. The monoisotopic (exact) mass is 441 g/mol. The van der Waals surface area contributed by atoms with Gasteiger partial charge in [-0.1, -0.05) is 44.2 Å². The molecule has 0 aliphatic rings. The number of nitrogens with zero attached hydrogens (tertiary/aromatic N) is 4. The highest BCUT2D eigenvalue weighted by Gasteiger charge is 2.15. The first-order valence-corrected chi connectivity index (χ1v) is 9.76. The number of nitrogens with one attached hydrogen (secondary N) is 3. The zero-order chi connectivity index (χ0) is 23.1. The third-order valence-electron chi connectivity index (χ3n) is 3.19. The number of amides is 1. The molecule has 0 unspecified atom stereocenters. The zero-order valence-corrected chi connectivity index (χ0v) is 18.4. The lowest BCUT2D eigenvalue weighted by atomic mass is 10.2. The topological polar surface area (TPSA) is 220 Å². The van der Waals surface area contributed by atoms with Gasteiger partial charge in [0.15, 0.2) is 22.5 Å². The summed E-state index contributed by atoms with van der Waals surface area (Å²) in [4.78, 5) is 27.3. The van der Waals surface area contributed by atoms with Crippen molar-refractivity contribution < 1.29 is 4.79 Å². The third kappa shape index (κ3) is 12.3. The number of hydrogen-bond donors (Lipinski definition) is 7. The summed E-state index contributed by atoms with van der Waals surface area (Å²) >= 11 is 5.71. The van der Waals surface area contributed by atoms with Crippen molar-refractivity contribution in [1.82, 2.24) is 20.8 Å². The first-order chi connectivity index (χ1) is 14.1. The highest BCUT2D eigenvalue weighted by Crippen LogP contribution is 2.16. The molecule has 11 N–H and O–H groups in total. The van der Waals surface area contributed by atoms with Crippen molar-refractivity contribution >= 4 is 46.8 Å². The average molecular weight is 442 g/mol. The lowest BCUT2D eigenvalue weighted by molar-refractivity contribution is 0.0939. The minimum atomic E-state index is -0.721. The van der Waals surface area contributed by atoms with Crippen molar-refractivity contribution in [1.29, 1.82) is 5.41 Å². The second-order valence-corrected chi connectivity index (χ2v) is 6.72. The fourth-order valence-electron chi connectivity index (χ4n) is 1.88. The summed E-state index contributed by atoms with van der Waals surface area (Å²) in [6.07, 6.45) is 5.58. The molecule has 0 aliphatic heterocycles. The molecule has 12 nitrogen and oxygen atoms in total. The minimum Gasteiger partial charge on any atom is -0.382 e. The lowest BCUT2D eigenvalue weighted by Gasteiger charge is -2.09. The van der Waals surface area contributed by atoms with E-state index in [-0.39, 0.29) is 34.4 Å². The van der Waals surface area contributed by atoms with Crippen LogP contribution in [0.15, 0.2) is 9.98 Å². The predicted molar refractivity (Wildman–Crippen MR) is 122 cm³/mol. The number of halogens is 1. The quantitative estimate of drug-likeness (QED) is 0.140. The molecule has 0 spiro atoms. The van der Waals surface area contributed by atoms with Gasteiger partial charge in [-0.25, -0.2) is 9.97 Å². The number of guanidine groups is 2. The van der Waals surface area contributed by atoms with Gasteiger partial charge < -0.3 is 28.3 Å². The Morgan fingerprint density at radius 2 is 1.67 bits per heavy atom. The maximum Gasteiger partial charge on any atom is 0.292 e. The van der Waals surface area contributed by atoms with Crippen LogP contribution in [0.4, 0.5) is 11.6 Å². The van der Waals surface area contributed by atoms with Gasteiger partial charge in [-0.3, -0.25) is 20.6 Å². The SMILES string of the molecule is CC(C)=N.CCCCCCCN=C(N)/N=C(\N)NNC(=O)c1nc(Cl)c(N)nc1N. The van der Waals surface area contributed by atoms with Crippen LogP contribution in [0.25, 0.3) is 0 Å². The fraction of sp³-hybridized carbons (Fsp3) is 0.529. The van der Waals surface area contributed by atoms with Gasteiger partial charge in [0, 0.05) is 12.3 Å². The van der Waals surface area contributed by atoms with Crippen molar-refractivity contribution in [2.24, 2.45) is 21.5 Å². The summed E-state index contributed by atoms with van der Waals surface area (Å²) in [5, 5.41) is 6.36. The summed E-state index contributed by atoms with van der Waals surface area (Å²) in [5.74, 6) is -1.12. The van der Waals surface area contributed by atoms with Crippen molar-refractivity contribution in [3.63, 3.8) is 0 Å². The van der Waals surface area contributed by atoms with Crippen LogP contribution in [0.3, 0.4) is 0 Å². The molecular formula is C17H32ClN11O. The van der Waals surface area contributed by atoms with Gasteiger partial charge in [-0.2, -0.15) is 4.99 Å². The van der Waals surface area contributed by atoms with E-state index in [2.05, 4.69) is 37.7 Å². The first kappa shape index (κ1) is 26.9. The number of anilines is 2. The second kappa shape index (κ2) is 14.8. The van der Waals surface area contributed by atoms with Crippen LogP contribution in [0.1, 0.15) is 63.4 Å². The molecule has 1 aromatic rings. The van der Waals surface area contributed by atoms with Gasteiger partial charge in [-0.15, -0.1) is 0 Å². The zero-order valence-electron chi connectivity index (χ0n) is 17.6. The van der Waals surface area contributed by atoms with Crippen molar-refractivity contribution in [3.8, 4) is 0 Å². The molecule has 1 heterocycles. The highest BCUT2D eigenvalue weighted by atomic mass is 35.5. The maximum atomic E-state index is 12.0. The summed E-state index contributed by atoms with van der Waals surface area (Å²) in [5.41, 5.74) is 27.3. The molecule has 0 bridgehead atoms. The molecule has 0 aliphatic carbocycles. The molecule has 0 saturated carbocycles. The first-order valence-electron chi connectivity index (χ1n) is 9.39. The van der Waals surface area contributed by atoms with Crippen LogP contribution >= 0.6 is 11.6 Å². The van der Waals surface area contributed by atoms with E-state index in [0.29, 0.717) is 12.3 Å². The Hall–Kier alpha value is -3.15. The number of carbonyl (C=O) groups excluding carboxylic acids is 1. The predicted octanol–water partition coefficient (Wildman–Crippen LogP) is 1.17. The Morgan fingerprint density at radius 1 is 1.07 bits per heavy atom. The van der Waals surface area contributed by atoms with E-state index in [0.717, 1.165) is 12.8 Å². The van der Waals surface area contributed by atoms with Crippen LogP contribution in [-0.4, -0.2) is 40.1 Å². The van der Waals surface area contributed by atoms with Crippen molar-refractivity contribution in [3.05, 3.63) is 10.8 Å². The highest BCUT2D eigenvalue weighted by molar-refractivity contribution is 6.31. The third-order valence-corrected chi connectivity index (χ3v) is 3.47. The van der Waals surface area contributed by atoms with Crippen LogP contribution < -0.4 is 33.8 Å². The maximum absolute atomic E-state index is 12.0. The van der Waals surface area contributed by atoms with E-state index in [1.165, 1.54) is 19.3 Å². The molecule has 1 aromatic heterocycles. The molecule has 168 valence electrons. The number of hydrazine groups is 1. The van der Waals surface area contributed by atoms with Gasteiger partial charge in [0.05, 0.1) is 0 Å². The number of hydrogen-bond acceptors (Lipinski definition) is 7. The number of aromatic nitrogens is 2. The lowest BCUT2D eigenvalue weighted by Crippen LogP contribution is -2.46. The van der Waals surface area contributed by atoms with Crippen LogP contribution in [0.2, 0.25) is 5.15 Å². The number of carbonyl (C=O) groups is 1. The Labute approximate surface area is 181 Å². The molecule has 30 heavy (non-hydrogen) atoms. The van der Waals surface area contributed by atoms with Gasteiger partial charge in [-0.05, 0) is 20.3 Å². The van der Waals surface area contributed by atoms with E-state index < -0.39 is 5.91 Å². The fourth-order valence-corrected chi connectivity index (χ4v) is 2.01. The molecule has 0 saturated heterocycles. The van der Waals surface area contributed by atoms with E-state index in [1.807, 2.05) is 0 Å². The molecule has 0 radical (unpaired) electrons. The number of nitrogens with two attached hydrogens (primary N) is 4. The van der Waals surface area contributed by atoms with Crippen molar-refractivity contribution in [2.75, 3.05) is 18.0 Å². The summed E-state index contributed by atoms with van der Waals surface area (Å²) < 4.78 is 0. The largest absolute Gasteiger partial charge is 0.382 e. The standard InChI is InChI=1S/C14H25ClN10O.C3H7N/c1-2-3-4-5-6-7-20-13(18)23-14(19)25-24-12(26)8-10(16)22-11(17)9(15)21-8;1-3(2)4/h2-7H2,1H3,(H,24,26)(H4,16,17,22)(H5,18,19,20,23,25);4H,1-2H3. The molecule has 1 amide bonds. The Morgan fingerprint density at radius 3 is 2.27 bits per heavy atom. The Balaban J connectivity index is 0.00000192. The van der Waals surface area contributed by atoms with Gasteiger partial charge in [0.2, 0.25) is 11.9 Å². The molecule has 0 aromatic carbocycles. The normalized spacial score (nSPS) is 11.3. The molecule has 13 heteroatoms. The van der Waals surface area contributed by atoms with E-state index in [4.69, 9.17) is 39.9 Å². The number of nitrogen functional groups attached to an aromatic ring is 2. The van der Waals surface area contributed by atoms with Crippen LogP contribution in [0.5, 0.6) is 0 Å². The molecule has 0 fully saturated rings.